The third kappa shape index (κ3) is 9.63. The predicted molar refractivity (Wildman–Crippen MR) is 413 cm³/mol. The summed E-state index contributed by atoms with van der Waals surface area (Å²) in [5, 5.41) is 7.43. The van der Waals surface area contributed by atoms with Gasteiger partial charge in [0.05, 0.1) is 22.4 Å². The molecule has 0 atom stereocenters. The number of nitrogens with zero attached hydrogens (tertiary/aromatic N) is 3. The van der Waals surface area contributed by atoms with Crippen LogP contribution in [-0.4, -0.2) is 11.3 Å². The summed E-state index contributed by atoms with van der Waals surface area (Å²) < 4.78 is 2.49. The van der Waals surface area contributed by atoms with E-state index in [4.69, 9.17) is 0 Å². The molecule has 14 aromatic carbocycles. The first-order chi connectivity index (χ1) is 46.5. The van der Waals surface area contributed by atoms with Crippen molar-refractivity contribution in [1.29, 1.82) is 0 Å². The summed E-state index contributed by atoms with van der Waals surface area (Å²) in [5.41, 5.74) is 29.7. The van der Waals surface area contributed by atoms with Gasteiger partial charge in [0.15, 0.2) is 0 Å². The lowest BCUT2D eigenvalue weighted by atomic mass is 9.33. The van der Waals surface area contributed by atoms with Gasteiger partial charge in [-0.1, -0.05) is 287 Å². The summed E-state index contributed by atoms with van der Waals surface area (Å²) in [6.45, 7) is 21.0. The van der Waals surface area contributed by atoms with Crippen molar-refractivity contribution >= 4 is 101 Å². The molecule has 462 valence electrons. The van der Waals surface area contributed by atoms with Crippen molar-refractivity contribution < 1.29 is 0 Å². The maximum Gasteiger partial charge on any atom is 0.252 e. The minimum Gasteiger partial charge on any atom is -0.311 e. The SMILES string of the molecule is CC(C)(C)c1ccc(N2c3cc(-c4ccc5c(-c6ccccc6)c6ccccc6c(-c6ccccc6)c5c4)ccc3B3c4ccc(-n5c6ccccc6c6ccccc65)cc4N(c4ccc(C(C)(C)C)cc4-c4ccccc4)c4cc(C(C)(C)C)cc2c43)c(-c2ccccc2)c1. The van der Waals surface area contributed by atoms with Crippen molar-refractivity contribution in [3.63, 3.8) is 0 Å². The Kier molecular flexibility index (Phi) is 13.7. The summed E-state index contributed by atoms with van der Waals surface area (Å²) in [6.07, 6.45) is 0. The van der Waals surface area contributed by atoms with Crippen molar-refractivity contribution in [1.82, 2.24) is 4.57 Å². The molecule has 0 unspecified atom stereocenters. The van der Waals surface area contributed by atoms with Crippen LogP contribution in [0.15, 0.2) is 297 Å². The van der Waals surface area contributed by atoms with Gasteiger partial charge in [-0.15, -0.1) is 0 Å². The van der Waals surface area contributed by atoms with Gasteiger partial charge in [0.2, 0.25) is 0 Å². The Morgan fingerprint density at radius 1 is 0.250 bits per heavy atom. The molecule has 0 aliphatic carbocycles. The number of hydrogen-bond donors (Lipinski definition) is 0. The van der Waals surface area contributed by atoms with E-state index in [1.807, 2.05) is 0 Å². The molecule has 2 aliphatic rings. The van der Waals surface area contributed by atoms with Gasteiger partial charge in [-0.05, 0) is 188 Å². The zero-order valence-electron chi connectivity index (χ0n) is 56.2. The molecule has 17 rings (SSSR count). The monoisotopic (exact) mass is 1230 g/mol. The quantitative estimate of drug-likeness (QED) is 0.111. The molecule has 0 fully saturated rings. The summed E-state index contributed by atoms with van der Waals surface area (Å²) in [7, 11) is 0. The van der Waals surface area contributed by atoms with Crippen molar-refractivity contribution in [2.45, 2.75) is 78.6 Å². The number of benzene rings is 14. The van der Waals surface area contributed by atoms with Gasteiger partial charge >= 0.3 is 0 Å². The van der Waals surface area contributed by atoms with Gasteiger partial charge in [0.1, 0.15) is 0 Å². The molecular formula is C92H76BN3. The van der Waals surface area contributed by atoms with Crippen molar-refractivity contribution in [2.24, 2.45) is 0 Å². The molecule has 15 aromatic rings. The van der Waals surface area contributed by atoms with E-state index in [1.54, 1.807) is 0 Å². The predicted octanol–water partition coefficient (Wildman–Crippen LogP) is 23.4. The van der Waals surface area contributed by atoms with Crippen LogP contribution in [0.2, 0.25) is 0 Å². The van der Waals surface area contributed by atoms with E-state index in [1.165, 1.54) is 138 Å². The van der Waals surface area contributed by atoms with E-state index < -0.39 is 0 Å². The van der Waals surface area contributed by atoms with Crippen molar-refractivity contribution in [2.75, 3.05) is 9.80 Å². The van der Waals surface area contributed by atoms with Gasteiger partial charge in [-0.3, -0.25) is 0 Å². The molecule has 4 heteroatoms. The fourth-order valence-electron chi connectivity index (χ4n) is 15.7. The maximum absolute atomic E-state index is 2.67. The first-order valence-corrected chi connectivity index (χ1v) is 34.1. The summed E-state index contributed by atoms with van der Waals surface area (Å²) >= 11 is 0. The summed E-state index contributed by atoms with van der Waals surface area (Å²) in [6, 6.07) is 113. The van der Waals surface area contributed by atoms with Gasteiger partial charge in [-0.25, -0.2) is 0 Å². The van der Waals surface area contributed by atoms with Crippen LogP contribution in [0, 0.1) is 0 Å². The fraction of sp³-hybridized carbons (Fsp3) is 0.130. The van der Waals surface area contributed by atoms with E-state index in [0.29, 0.717) is 0 Å². The molecule has 3 nitrogen and oxygen atoms in total. The van der Waals surface area contributed by atoms with E-state index in [9.17, 15) is 0 Å². The lowest BCUT2D eigenvalue weighted by molar-refractivity contribution is 0.590. The second-order valence-corrected chi connectivity index (χ2v) is 29.7. The van der Waals surface area contributed by atoms with E-state index >= 15 is 0 Å². The number of rotatable bonds is 8. The largest absolute Gasteiger partial charge is 0.311 e. The minimum absolute atomic E-state index is 0.0967. The standard InChI is InChI=1S/C92H76BN3/c1-90(2,3)65-44-50-81(74(54-65)59-28-14-10-15-29-59)95-83-53-64(63-42-47-73-76(52-63)88(62-34-20-13-21-35-62)72-39-23-22-38-71(72)87(73)61-32-18-12-19-33-61)43-48-77(83)93-78-49-46-68(94-79-40-26-24-36-69(79)70-37-25-27-41-80(70)94)58-84(78)96(86-57-67(92(7,8)9)56-85(95)89(86)93)82-51-45-66(91(4,5)6)55-75(82)60-30-16-11-17-31-60/h10-58H,1-9H3. The van der Waals surface area contributed by atoms with Gasteiger partial charge in [-0.2, -0.15) is 0 Å². The topological polar surface area (TPSA) is 11.4 Å². The Morgan fingerprint density at radius 2 is 0.635 bits per heavy atom. The maximum atomic E-state index is 2.67. The van der Waals surface area contributed by atoms with E-state index in [-0.39, 0.29) is 23.0 Å². The fourth-order valence-corrected chi connectivity index (χ4v) is 15.7. The van der Waals surface area contributed by atoms with Crippen molar-refractivity contribution in [3.05, 3.63) is 314 Å². The second-order valence-electron chi connectivity index (χ2n) is 29.7. The zero-order valence-corrected chi connectivity index (χ0v) is 56.2. The van der Waals surface area contributed by atoms with Gasteiger partial charge in [0.25, 0.3) is 6.71 Å². The second kappa shape index (κ2) is 22.4. The lowest BCUT2D eigenvalue weighted by Crippen LogP contribution is -2.61. The average Bonchev–Trinajstić information content (AvgIpc) is 0.734. The highest BCUT2D eigenvalue weighted by atomic mass is 15.2. The van der Waals surface area contributed by atoms with Gasteiger partial charge < -0.3 is 14.4 Å². The molecule has 0 saturated heterocycles. The average molecular weight is 1230 g/mol. The molecular weight excluding hydrogens is 1160 g/mol. The van der Waals surface area contributed by atoms with Crippen LogP contribution in [-0.2, 0) is 16.2 Å². The Balaban J connectivity index is 0.991. The normalized spacial score (nSPS) is 13.0. The molecule has 0 saturated carbocycles. The first kappa shape index (κ1) is 58.9. The van der Waals surface area contributed by atoms with Crippen LogP contribution in [0.25, 0.3) is 105 Å². The molecule has 1 aromatic heterocycles. The number of para-hydroxylation sites is 2. The Bertz CT molecular complexity index is 5530. The highest BCUT2D eigenvalue weighted by Gasteiger charge is 2.45. The first-order valence-electron chi connectivity index (χ1n) is 34.1. The number of anilines is 6. The van der Waals surface area contributed by atoms with Crippen LogP contribution < -0.4 is 26.2 Å². The van der Waals surface area contributed by atoms with Crippen LogP contribution in [0.3, 0.4) is 0 Å². The third-order valence-corrected chi connectivity index (χ3v) is 20.6. The van der Waals surface area contributed by atoms with Gasteiger partial charge in [0, 0.05) is 50.3 Å². The smallest absolute Gasteiger partial charge is 0.252 e. The van der Waals surface area contributed by atoms with E-state index in [2.05, 4.69) is 374 Å². The Morgan fingerprint density at radius 3 is 1.11 bits per heavy atom. The molecule has 0 spiro atoms. The van der Waals surface area contributed by atoms with E-state index in [0.717, 1.165) is 33.9 Å². The minimum atomic E-state index is -0.257. The number of fused-ring (bicyclic) bond motifs is 9. The molecule has 96 heavy (non-hydrogen) atoms. The number of aromatic nitrogens is 1. The lowest BCUT2D eigenvalue weighted by Gasteiger charge is -2.46. The summed E-state index contributed by atoms with van der Waals surface area (Å²) in [4.78, 5) is 5.34. The number of hydrogen-bond acceptors (Lipinski definition) is 2. The highest BCUT2D eigenvalue weighted by molar-refractivity contribution is 7.00. The van der Waals surface area contributed by atoms with Crippen LogP contribution in [0.4, 0.5) is 34.1 Å². The molecule has 0 N–H and O–H groups in total. The Labute approximate surface area is 565 Å². The van der Waals surface area contributed by atoms with Crippen LogP contribution in [0.5, 0.6) is 0 Å². The molecule has 3 heterocycles. The Hall–Kier alpha value is -10.9. The molecule has 0 radical (unpaired) electrons. The third-order valence-electron chi connectivity index (χ3n) is 20.6. The molecule has 2 aliphatic heterocycles. The van der Waals surface area contributed by atoms with Crippen LogP contribution >= 0.6 is 0 Å². The highest BCUT2D eigenvalue weighted by Crippen LogP contribution is 2.53. The molecule has 0 bridgehead atoms. The summed E-state index contributed by atoms with van der Waals surface area (Å²) in [5.74, 6) is 0. The molecule has 0 amide bonds. The van der Waals surface area contributed by atoms with Crippen LogP contribution in [0.1, 0.15) is 79.0 Å². The van der Waals surface area contributed by atoms with Crippen molar-refractivity contribution in [3.8, 4) is 61.3 Å². The zero-order chi connectivity index (χ0) is 65.4.